The van der Waals surface area contributed by atoms with Crippen LogP contribution in [0.1, 0.15) is 19.3 Å². The standard InChI is InChI=1S/C11H16BrN3S/c1-16-11-6-10(13-8-14-11)15-5-3-2-4-9(15)7-12/h6,8-9H,2-5,7H2,1H3. The van der Waals surface area contributed by atoms with Gasteiger partial charge in [0.15, 0.2) is 0 Å². The molecule has 1 saturated heterocycles. The van der Waals surface area contributed by atoms with Crippen LogP contribution in [0.4, 0.5) is 5.82 Å². The van der Waals surface area contributed by atoms with Gasteiger partial charge in [0, 0.05) is 24.0 Å². The summed E-state index contributed by atoms with van der Waals surface area (Å²) in [6.45, 7) is 1.11. The molecule has 1 aromatic heterocycles. The second kappa shape index (κ2) is 5.87. The molecule has 0 bridgehead atoms. The summed E-state index contributed by atoms with van der Waals surface area (Å²) in [5.41, 5.74) is 0. The highest BCUT2D eigenvalue weighted by atomic mass is 79.9. The number of hydrogen-bond acceptors (Lipinski definition) is 4. The number of halogens is 1. The topological polar surface area (TPSA) is 29.0 Å². The van der Waals surface area contributed by atoms with Crippen LogP contribution in [-0.2, 0) is 0 Å². The molecule has 16 heavy (non-hydrogen) atoms. The first-order chi connectivity index (χ1) is 7.85. The number of aromatic nitrogens is 2. The van der Waals surface area contributed by atoms with E-state index < -0.39 is 0 Å². The van der Waals surface area contributed by atoms with E-state index in [0.717, 1.165) is 22.7 Å². The molecule has 0 aliphatic carbocycles. The van der Waals surface area contributed by atoms with Gasteiger partial charge in [0.1, 0.15) is 17.2 Å². The summed E-state index contributed by atoms with van der Waals surface area (Å²) >= 11 is 5.26. The van der Waals surface area contributed by atoms with Crippen LogP contribution in [0.2, 0.25) is 0 Å². The van der Waals surface area contributed by atoms with E-state index in [1.54, 1.807) is 18.1 Å². The number of hydrogen-bond donors (Lipinski definition) is 0. The Balaban J connectivity index is 2.20. The number of thioether (sulfide) groups is 1. The minimum atomic E-state index is 0.582. The van der Waals surface area contributed by atoms with Gasteiger partial charge in [-0.15, -0.1) is 11.8 Å². The van der Waals surface area contributed by atoms with Crippen molar-refractivity contribution in [3.8, 4) is 0 Å². The molecule has 5 heteroatoms. The van der Waals surface area contributed by atoms with Gasteiger partial charge in [-0.05, 0) is 25.5 Å². The Bertz CT molecular complexity index is 348. The lowest BCUT2D eigenvalue weighted by Gasteiger charge is -2.35. The lowest BCUT2D eigenvalue weighted by Crippen LogP contribution is -2.41. The summed E-state index contributed by atoms with van der Waals surface area (Å²) < 4.78 is 0. The Labute approximate surface area is 109 Å². The fourth-order valence-electron chi connectivity index (χ4n) is 2.06. The maximum Gasteiger partial charge on any atom is 0.133 e. The molecule has 1 fully saturated rings. The summed E-state index contributed by atoms with van der Waals surface area (Å²) in [4.78, 5) is 11.0. The molecule has 1 aliphatic heterocycles. The predicted octanol–water partition coefficient (Wildman–Crippen LogP) is 2.95. The molecule has 2 rings (SSSR count). The van der Waals surface area contributed by atoms with Crippen LogP contribution in [0.25, 0.3) is 0 Å². The van der Waals surface area contributed by atoms with E-state index in [0.29, 0.717) is 6.04 Å². The first-order valence-corrected chi connectivity index (χ1v) is 7.88. The van der Waals surface area contributed by atoms with Crippen molar-refractivity contribution >= 4 is 33.5 Å². The second-order valence-corrected chi connectivity index (χ2v) is 5.39. The van der Waals surface area contributed by atoms with Crippen molar-refractivity contribution in [2.75, 3.05) is 23.0 Å². The molecule has 0 aromatic carbocycles. The minimum Gasteiger partial charge on any atom is -0.353 e. The van der Waals surface area contributed by atoms with E-state index in [4.69, 9.17) is 0 Å². The molecule has 0 amide bonds. The zero-order valence-corrected chi connectivity index (χ0v) is 11.8. The molecule has 1 aliphatic rings. The van der Waals surface area contributed by atoms with Gasteiger partial charge in [-0.3, -0.25) is 0 Å². The van der Waals surface area contributed by atoms with Crippen molar-refractivity contribution in [3.05, 3.63) is 12.4 Å². The van der Waals surface area contributed by atoms with E-state index in [-0.39, 0.29) is 0 Å². The molecule has 1 aromatic rings. The summed E-state index contributed by atoms with van der Waals surface area (Å²) in [7, 11) is 0. The highest BCUT2D eigenvalue weighted by Gasteiger charge is 2.22. The van der Waals surface area contributed by atoms with Crippen LogP contribution in [0.5, 0.6) is 0 Å². The Morgan fingerprint density at radius 3 is 3.12 bits per heavy atom. The molecule has 2 heterocycles. The van der Waals surface area contributed by atoms with Gasteiger partial charge < -0.3 is 4.90 Å². The van der Waals surface area contributed by atoms with E-state index in [2.05, 4.69) is 36.9 Å². The monoisotopic (exact) mass is 301 g/mol. The van der Waals surface area contributed by atoms with Gasteiger partial charge in [-0.2, -0.15) is 0 Å². The molecule has 0 saturated carbocycles. The molecule has 0 N–H and O–H groups in total. The third-order valence-electron chi connectivity index (χ3n) is 2.94. The van der Waals surface area contributed by atoms with E-state index in [1.165, 1.54) is 19.3 Å². The quantitative estimate of drug-likeness (QED) is 0.488. The average molecular weight is 302 g/mol. The van der Waals surface area contributed by atoms with Gasteiger partial charge in [-0.25, -0.2) is 9.97 Å². The van der Waals surface area contributed by atoms with E-state index in [9.17, 15) is 0 Å². The van der Waals surface area contributed by atoms with Crippen LogP contribution < -0.4 is 4.90 Å². The lowest BCUT2D eigenvalue weighted by molar-refractivity contribution is 0.487. The van der Waals surface area contributed by atoms with Crippen LogP contribution in [0, 0.1) is 0 Å². The first kappa shape index (κ1) is 12.2. The van der Waals surface area contributed by atoms with Gasteiger partial charge in [-0.1, -0.05) is 15.9 Å². The Kier molecular flexibility index (Phi) is 4.46. The Morgan fingerprint density at radius 2 is 2.38 bits per heavy atom. The fraction of sp³-hybridized carbons (Fsp3) is 0.636. The normalized spacial score (nSPS) is 21.1. The second-order valence-electron chi connectivity index (χ2n) is 3.92. The summed E-state index contributed by atoms with van der Waals surface area (Å²) in [5, 5.41) is 2.06. The number of anilines is 1. The van der Waals surface area contributed by atoms with Gasteiger partial charge >= 0.3 is 0 Å². The third-order valence-corrected chi connectivity index (χ3v) is 4.33. The van der Waals surface area contributed by atoms with Gasteiger partial charge in [0.2, 0.25) is 0 Å². The van der Waals surface area contributed by atoms with Crippen molar-refractivity contribution in [1.82, 2.24) is 9.97 Å². The molecule has 88 valence electrons. The summed E-state index contributed by atoms with van der Waals surface area (Å²) in [6.07, 6.45) is 7.56. The highest BCUT2D eigenvalue weighted by Crippen LogP contribution is 2.25. The van der Waals surface area contributed by atoms with Crippen molar-refractivity contribution in [2.24, 2.45) is 0 Å². The molecule has 3 nitrogen and oxygen atoms in total. The smallest absolute Gasteiger partial charge is 0.133 e. The molecular weight excluding hydrogens is 286 g/mol. The molecule has 0 radical (unpaired) electrons. The minimum absolute atomic E-state index is 0.582. The molecule has 0 spiro atoms. The highest BCUT2D eigenvalue weighted by molar-refractivity contribution is 9.09. The summed E-state index contributed by atoms with van der Waals surface area (Å²) in [6, 6.07) is 2.67. The predicted molar refractivity (Wildman–Crippen MR) is 72.6 cm³/mol. The van der Waals surface area contributed by atoms with Crippen LogP contribution in [0.3, 0.4) is 0 Å². The number of nitrogens with zero attached hydrogens (tertiary/aromatic N) is 3. The first-order valence-electron chi connectivity index (χ1n) is 5.54. The van der Waals surface area contributed by atoms with Gasteiger partial charge in [0.25, 0.3) is 0 Å². The number of piperidine rings is 1. The number of alkyl halides is 1. The molecule has 1 unspecified atom stereocenters. The van der Waals surface area contributed by atoms with Crippen molar-refractivity contribution in [2.45, 2.75) is 30.3 Å². The van der Waals surface area contributed by atoms with Crippen LogP contribution >= 0.6 is 27.7 Å². The third kappa shape index (κ3) is 2.69. The molecular formula is C11H16BrN3S. The SMILES string of the molecule is CSc1cc(N2CCCCC2CBr)ncn1. The average Bonchev–Trinajstić information content (AvgIpc) is 2.38. The fourth-order valence-corrected chi connectivity index (χ4v) is 3.11. The summed E-state index contributed by atoms with van der Waals surface area (Å²) in [5.74, 6) is 1.07. The number of rotatable bonds is 3. The Hall–Kier alpha value is -0.290. The van der Waals surface area contributed by atoms with Crippen molar-refractivity contribution < 1.29 is 0 Å². The zero-order valence-electron chi connectivity index (χ0n) is 9.40. The Morgan fingerprint density at radius 1 is 1.50 bits per heavy atom. The van der Waals surface area contributed by atoms with Crippen LogP contribution in [-0.4, -0.2) is 34.1 Å². The zero-order chi connectivity index (χ0) is 11.4. The van der Waals surface area contributed by atoms with Crippen molar-refractivity contribution in [3.63, 3.8) is 0 Å². The van der Waals surface area contributed by atoms with Crippen molar-refractivity contribution in [1.29, 1.82) is 0 Å². The molecule has 1 atom stereocenters. The van der Waals surface area contributed by atoms with Gasteiger partial charge in [0.05, 0.1) is 0 Å². The maximum absolute atomic E-state index is 4.39. The van der Waals surface area contributed by atoms with E-state index >= 15 is 0 Å². The maximum atomic E-state index is 4.39. The lowest BCUT2D eigenvalue weighted by atomic mass is 10.0. The largest absolute Gasteiger partial charge is 0.353 e. The van der Waals surface area contributed by atoms with Crippen LogP contribution in [0.15, 0.2) is 17.4 Å². The van der Waals surface area contributed by atoms with E-state index in [1.807, 2.05) is 6.26 Å².